The van der Waals surface area contributed by atoms with E-state index in [9.17, 15) is 38.4 Å². The maximum absolute atomic E-state index is 15.1. The first-order valence-electron chi connectivity index (χ1n) is 40.1. The highest BCUT2D eigenvalue weighted by molar-refractivity contribution is 14.1. The summed E-state index contributed by atoms with van der Waals surface area (Å²) in [7, 11) is 3.09. The number of likely N-dealkylation sites (tertiary alicyclic amines) is 2. The van der Waals surface area contributed by atoms with E-state index < -0.39 is 70.4 Å². The molecule has 4 amide bonds. The Bertz CT molecular complexity index is 3600. The van der Waals surface area contributed by atoms with Gasteiger partial charge in [-0.1, -0.05) is 208 Å². The molecule has 1 aromatic heterocycles. The summed E-state index contributed by atoms with van der Waals surface area (Å²) in [5.41, 5.74) is 6.82. The predicted octanol–water partition coefficient (Wildman–Crippen LogP) is 13.7. The molecule has 11 rings (SSSR count). The van der Waals surface area contributed by atoms with Crippen molar-refractivity contribution < 1.29 is 62.3 Å². The number of hydrogen-bond donors (Lipinski definition) is 3. The highest BCUT2D eigenvalue weighted by Gasteiger charge is 2.58. The number of benzene rings is 2. The summed E-state index contributed by atoms with van der Waals surface area (Å²) in [5, 5.41) is 15.1. The number of hydrogen-bond acceptors (Lipinski definition) is 18. The summed E-state index contributed by atoms with van der Waals surface area (Å²) < 4.78 is 11.6. The smallest absolute Gasteiger partial charge is 0.246 e. The molecule has 4 aliphatic heterocycles. The Morgan fingerprint density at radius 1 is 0.578 bits per heavy atom. The van der Waals surface area contributed by atoms with Crippen molar-refractivity contribution in [3.8, 4) is 0 Å². The summed E-state index contributed by atoms with van der Waals surface area (Å²) >= 11 is 2.15. The standard InChI is InChI=1S/C45H61N5O7.C39H58N4O6.CH3I.CH4/c1-6-13-32(40(56-5)39(53)22-29-18-19-29)23-38(52)36-26-45(25-34(49-57-45)31-16-11-8-12-17-31)28-50(36)43(55)41(44(2,3)4)48-42(54)33(30-14-9-7-10-15-30)24-37(51)35-27-46-20-21-47-35;1-6-13-28(34(48-5)32(45)20-25-18-19-25)21-31(44)30-23-39(22-29(42-49-39)26-14-9-7-10-15-26)24-43(30)37(47)35(38(2,3)4)41-36(46)33(40)27-16-11-8-12-17-27;1-2;/h8,11-12,16-17,20-21,27,29-30,32-33,36,40-41H,6-7,9-10,13-15,18-19,22-26,28H2,1-5H3,(H,48,54);7,9-10,14-15,25,27-28,30,33-35H,6,8,11-13,16-24,40H2,1-5H3,(H,41,46);1H3;1H4/t32-,33+,36+,40?,41-,45-;28-,30+,33+,34?,35-,39-;;/m11../s1. The number of oxime groups is 2. The van der Waals surface area contributed by atoms with Crippen LogP contribution in [0.25, 0.3) is 0 Å². The number of carbonyl (C=O) groups is 9. The molecule has 2 spiro atoms. The average Bonchev–Trinajstić information content (AvgIpc) is 1.61. The van der Waals surface area contributed by atoms with E-state index in [1.54, 1.807) is 16.9 Å². The summed E-state index contributed by atoms with van der Waals surface area (Å²) in [4.78, 5) is 153. The second-order valence-electron chi connectivity index (χ2n) is 34.3. The zero-order valence-corrected chi connectivity index (χ0v) is 68.2. The summed E-state index contributed by atoms with van der Waals surface area (Å²) in [6, 6.07) is 15.2. The lowest BCUT2D eigenvalue weighted by Gasteiger charge is -2.37. The molecule has 4 saturated carbocycles. The van der Waals surface area contributed by atoms with Gasteiger partial charge in [-0.15, -0.1) is 0 Å². The van der Waals surface area contributed by atoms with Crippen molar-refractivity contribution in [3.05, 3.63) is 96.1 Å². The van der Waals surface area contributed by atoms with Crippen LogP contribution in [0.4, 0.5) is 0 Å². The van der Waals surface area contributed by atoms with Gasteiger partial charge in [0.25, 0.3) is 0 Å². The number of nitrogens with two attached hydrogens (primary N) is 1. The molecule has 600 valence electrons. The lowest BCUT2D eigenvalue weighted by atomic mass is 9.76. The van der Waals surface area contributed by atoms with Gasteiger partial charge >= 0.3 is 0 Å². The predicted molar refractivity (Wildman–Crippen MR) is 430 cm³/mol. The summed E-state index contributed by atoms with van der Waals surface area (Å²) in [6.07, 6.45) is 22.2. The van der Waals surface area contributed by atoms with Gasteiger partial charge in [-0.25, -0.2) is 4.98 Å². The Morgan fingerprint density at radius 3 is 1.37 bits per heavy atom. The number of ketones is 5. The van der Waals surface area contributed by atoms with E-state index in [0.717, 1.165) is 125 Å². The van der Waals surface area contributed by atoms with Gasteiger partial charge in [-0.3, -0.25) is 48.1 Å². The zero-order chi connectivity index (χ0) is 78.1. The number of halogens is 1. The van der Waals surface area contributed by atoms with Gasteiger partial charge in [-0.05, 0) is 127 Å². The van der Waals surface area contributed by atoms with Crippen LogP contribution in [-0.2, 0) is 57.5 Å². The Labute approximate surface area is 661 Å². The Hall–Kier alpha value is -6.70. The van der Waals surface area contributed by atoms with Crippen LogP contribution < -0.4 is 16.4 Å². The molecule has 109 heavy (non-hydrogen) atoms. The summed E-state index contributed by atoms with van der Waals surface area (Å²) in [5.74, 6) is -2.29. The van der Waals surface area contributed by atoms with Crippen LogP contribution in [0, 0.1) is 52.3 Å². The minimum absolute atomic E-state index is 0. The molecule has 6 fully saturated rings. The van der Waals surface area contributed by atoms with Gasteiger partial charge in [0, 0.05) is 90.3 Å². The van der Waals surface area contributed by atoms with Crippen LogP contribution >= 0.6 is 22.6 Å². The monoisotopic (exact) mass is 1620 g/mol. The largest absolute Gasteiger partial charge is 0.387 e. The van der Waals surface area contributed by atoms with Crippen molar-refractivity contribution in [2.75, 3.05) is 32.2 Å². The quantitative estimate of drug-likeness (QED) is 0.0290. The van der Waals surface area contributed by atoms with Gasteiger partial charge in [0.05, 0.1) is 48.8 Å². The number of alkyl halides is 1. The molecule has 0 radical (unpaired) electrons. The molecule has 2 saturated heterocycles. The van der Waals surface area contributed by atoms with Crippen molar-refractivity contribution in [3.63, 3.8) is 0 Å². The number of ether oxygens (including phenoxy) is 2. The molecule has 2 unspecified atom stereocenters. The van der Waals surface area contributed by atoms with Crippen molar-refractivity contribution in [2.45, 2.75) is 290 Å². The zero-order valence-electron chi connectivity index (χ0n) is 66.0. The van der Waals surface area contributed by atoms with Crippen molar-refractivity contribution in [2.24, 2.45) is 68.3 Å². The minimum atomic E-state index is -1.01. The molecule has 8 aliphatic rings. The molecule has 4 N–H and O–H groups in total. The van der Waals surface area contributed by atoms with E-state index in [-0.39, 0.29) is 135 Å². The Balaban J connectivity index is 0.000000269. The van der Waals surface area contributed by atoms with Crippen LogP contribution in [-0.4, -0.2) is 170 Å². The topological polar surface area (TPSA) is 298 Å². The third kappa shape index (κ3) is 23.2. The van der Waals surface area contributed by atoms with Crippen LogP contribution in [0.1, 0.15) is 258 Å². The molecular weight excluding hydrogens is 1490 g/mol. The number of aromatic nitrogens is 2. The third-order valence-electron chi connectivity index (χ3n) is 23.7. The van der Waals surface area contributed by atoms with Crippen molar-refractivity contribution >= 4 is 86.6 Å². The Kier molecular flexibility index (Phi) is 32.4. The molecule has 2 aromatic carbocycles. The number of Topliss-reactive ketones (excluding diaryl/α,β-unsaturated/α-hetero) is 5. The molecule has 4 aliphatic carbocycles. The highest BCUT2D eigenvalue weighted by Crippen LogP contribution is 2.45. The second-order valence-corrected chi connectivity index (χ2v) is 34.3. The lowest BCUT2D eigenvalue weighted by molar-refractivity contribution is -0.145. The molecule has 5 heterocycles. The number of nitrogens with one attached hydrogen (secondary N) is 2. The number of amides is 4. The van der Waals surface area contributed by atoms with E-state index in [1.165, 1.54) is 25.7 Å². The van der Waals surface area contributed by atoms with Gasteiger partial charge in [0.1, 0.15) is 30.0 Å². The lowest BCUT2D eigenvalue weighted by Crippen LogP contribution is -2.60. The van der Waals surface area contributed by atoms with Crippen LogP contribution in [0.2, 0.25) is 0 Å². The van der Waals surface area contributed by atoms with Gasteiger partial charge in [0.2, 0.25) is 23.6 Å². The van der Waals surface area contributed by atoms with Crippen LogP contribution in [0.5, 0.6) is 0 Å². The fourth-order valence-electron chi connectivity index (χ4n) is 17.4. The van der Waals surface area contributed by atoms with Crippen LogP contribution in [0.15, 0.2) is 89.6 Å². The molecule has 22 nitrogen and oxygen atoms in total. The van der Waals surface area contributed by atoms with E-state index in [0.29, 0.717) is 50.4 Å². The minimum Gasteiger partial charge on any atom is -0.387 e. The SMILES string of the molecule is C.CCC[C@H](CC(=O)[C@@H]1C[C@]2(CC(c3ccccc3)=NO2)CN1C(=O)[C@@H](NC(=O)[C@@H](CC(=O)c1cnccn1)C1CCCCC1)C(C)(C)C)C(OC)C(=O)CC1CC1.CCC[C@H](CC(=O)[C@@H]1C[C@]2(CC(c3ccccc3)=NO2)CN1C(=O)[C@@H](NC(=O)[C@@H](N)C1CCCCC1)C(C)(C)C)C(OC)C(=O)CC1CC1.CI. The number of carbonyl (C=O) groups excluding carboxylic acids is 9. The molecule has 12 atom stereocenters. The fourth-order valence-corrected chi connectivity index (χ4v) is 17.4. The molecule has 23 heteroatoms. The molecule has 0 bridgehead atoms. The fraction of sp³-hybridized carbons (Fsp3) is 0.686. The van der Waals surface area contributed by atoms with Gasteiger partial charge in [-0.2, -0.15) is 0 Å². The first kappa shape index (κ1) is 87.9. The highest BCUT2D eigenvalue weighted by atomic mass is 127. The summed E-state index contributed by atoms with van der Waals surface area (Å²) in [6.45, 7) is 15.8. The molecular formula is C86H126IN9O13. The second kappa shape index (κ2) is 40.2. The maximum atomic E-state index is 15.1. The molecule has 3 aromatic rings. The van der Waals surface area contributed by atoms with Gasteiger partial charge < -0.3 is 45.3 Å². The number of nitrogens with zero attached hydrogens (tertiary/aromatic N) is 6. The number of rotatable bonds is 33. The average molecular weight is 1620 g/mol. The third-order valence-corrected chi connectivity index (χ3v) is 23.7. The van der Waals surface area contributed by atoms with Crippen molar-refractivity contribution in [1.29, 1.82) is 0 Å². The Morgan fingerprint density at radius 2 is 0.991 bits per heavy atom. The van der Waals surface area contributed by atoms with Gasteiger partial charge in [0.15, 0.2) is 40.1 Å². The van der Waals surface area contributed by atoms with Crippen LogP contribution in [0.3, 0.4) is 0 Å². The van der Waals surface area contributed by atoms with Crippen molar-refractivity contribution in [1.82, 2.24) is 30.4 Å². The van der Waals surface area contributed by atoms with E-state index >= 15 is 4.79 Å². The maximum Gasteiger partial charge on any atom is 0.246 e. The normalized spacial score (nSPS) is 23.6. The first-order chi connectivity index (χ1) is 51.7. The first-order valence-corrected chi connectivity index (χ1v) is 42.3. The number of methoxy groups -OCH3 is 2. The van der Waals surface area contributed by atoms with E-state index in [2.05, 4.69) is 53.5 Å². The van der Waals surface area contributed by atoms with E-state index in [1.807, 2.05) is 121 Å². The van der Waals surface area contributed by atoms with E-state index in [4.69, 9.17) is 24.9 Å².